The number of alkyl halides is 3. The molecule has 0 bridgehead atoms. The summed E-state index contributed by atoms with van der Waals surface area (Å²) in [6.07, 6.45) is -2.54. The Labute approximate surface area is 225 Å². The van der Waals surface area contributed by atoms with E-state index in [1.165, 1.54) is 25.3 Å². The van der Waals surface area contributed by atoms with E-state index in [9.17, 15) is 18.0 Å². The average Bonchev–Trinajstić information content (AvgIpc) is 3.17. The first-order valence-electron chi connectivity index (χ1n) is 12.9. The number of halogens is 3. The lowest BCUT2D eigenvalue weighted by Gasteiger charge is -2.34. The molecule has 11 heteroatoms. The van der Waals surface area contributed by atoms with Crippen molar-refractivity contribution in [1.29, 1.82) is 0 Å². The Morgan fingerprint density at radius 1 is 1.15 bits per heavy atom. The highest BCUT2D eigenvalue weighted by Crippen LogP contribution is 2.37. The van der Waals surface area contributed by atoms with E-state index in [0.717, 1.165) is 28.6 Å². The molecular formula is C28H34F3N3O5. The molecule has 0 radical (unpaired) electrons. The van der Waals surface area contributed by atoms with Crippen molar-refractivity contribution >= 4 is 17.1 Å². The van der Waals surface area contributed by atoms with Crippen LogP contribution in [-0.4, -0.2) is 65.9 Å². The first kappa shape index (κ1) is 28.5. The van der Waals surface area contributed by atoms with Crippen molar-refractivity contribution in [1.82, 2.24) is 14.5 Å². The van der Waals surface area contributed by atoms with Crippen LogP contribution >= 0.6 is 0 Å². The number of fused-ring (bicyclic) bond motifs is 1. The fourth-order valence-electron chi connectivity index (χ4n) is 5.05. The van der Waals surface area contributed by atoms with Crippen molar-refractivity contribution in [3.8, 4) is 22.8 Å². The maximum atomic E-state index is 12.8. The van der Waals surface area contributed by atoms with Gasteiger partial charge in [0.15, 0.2) is 0 Å². The maximum absolute atomic E-state index is 12.8. The van der Waals surface area contributed by atoms with E-state index in [4.69, 9.17) is 19.2 Å². The van der Waals surface area contributed by atoms with Crippen molar-refractivity contribution in [2.75, 3.05) is 26.8 Å². The Bertz CT molecular complexity index is 1330. The predicted octanol–water partition coefficient (Wildman–Crippen LogP) is 6.42. The highest BCUT2D eigenvalue weighted by molar-refractivity contribution is 5.85. The van der Waals surface area contributed by atoms with Crippen LogP contribution in [0.3, 0.4) is 0 Å². The minimum atomic E-state index is -4.80. The summed E-state index contributed by atoms with van der Waals surface area (Å²) in [5, 5.41) is 0. The molecule has 3 atom stereocenters. The van der Waals surface area contributed by atoms with E-state index in [1.54, 1.807) is 4.90 Å². The number of carbonyl (C=O) groups is 1. The van der Waals surface area contributed by atoms with Crippen LogP contribution in [0.2, 0.25) is 0 Å². The van der Waals surface area contributed by atoms with Gasteiger partial charge in [0.25, 0.3) is 0 Å². The number of hydrogen-bond donors (Lipinski definition) is 0. The second kappa shape index (κ2) is 11.3. The zero-order valence-electron chi connectivity index (χ0n) is 23.0. The first-order chi connectivity index (χ1) is 18.4. The van der Waals surface area contributed by atoms with Gasteiger partial charge in [-0.25, -0.2) is 9.78 Å². The third kappa shape index (κ3) is 6.41. The van der Waals surface area contributed by atoms with Crippen LogP contribution in [-0.2, 0) is 9.47 Å². The van der Waals surface area contributed by atoms with E-state index in [2.05, 4.69) is 9.30 Å². The summed E-state index contributed by atoms with van der Waals surface area (Å²) in [4.78, 5) is 19.3. The van der Waals surface area contributed by atoms with Gasteiger partial charge >= 0.3 is 12.5 Å². The average molecular weight is 550 g/mol. The summed E-state index contributed by atoms with van der Waals surface area (Å²) in [7, 11) is 1.39. The third-order valence-corrected chi connectivity index (χ3v) is 6.78. The molecule has 0 spiro atoms. The number of carbonyl (C=O) groups excluding carboxylic acids is 1. The molecule has 212 valence electrons. The second-order valence-electron chi connectivity index (χ2n) is 9.95. The van der Waals surface area contributed by atoms with Gasteiger partial charge in [-0.05, 0) is 63.4 Å². The van der Waals surface area contributed by atoms with Gasteiger partial charge in [0.05, 0.1) is 55.2 Å². The molecule has 0 aliphatic carbocycles. The van der Waals surface area contributed by atoms with Crippen LogP contribution in [0.25, 0.3) is 22.3 Å². The Morgan fingerprint density at radius 3 is 2.46 bits per heavy atom. The van der Waals surface area contributed by atoms with E-state index >= 15 is 0 Å². The van der Waals surface area contributed by atoms with E-state index in [1.807, 2.05) is 46.9 Å². The highest BCUT2D eigenvalue weighted by atomic mass is 19.4. The Morgan fingerprint density at radius 2 is 1.85 bits per heavy atom. The number of ether oxygens (including phenoxy) is 4. The topological polar surface area (TPSA) is 75.0 Å². The molecular weight excluding hydrogens is 515 g/mol. The summed E-state index contributed by atoms with van der Waals surface area (Å²) in [6, 6.07) is 5.83. The summed E-state index contributed by atoms with van der Waals surface area (Å²) >= 11 is 0. The maximum Gasteiger partial charge on any atom is 0.573 e. The monoisotopic (exact) mass is 549 g/mol. The SMILES string of the molecule is CCC(COC(=O)N1CC(C)OC(C)C1)n1cc(C)c2nc(-c3ccc(OC(F)(F)F)cc3OC)c(C)cc21. The lowest BCUT2D eigenvalue weighted by molar-refractivity contribution is -0.274. The summed E-state index contributed by atoms with van der Waals surface area (Å²) < 4.78 is 61.0. The van der Waals surface area contributed by atoms with E-state index < -0.39 is 6.36 Å². The zero-order valence-corrected chi connectivity index (χ0v) is 23.0. The number of methoxy groups -OCH3 is 1. The minimum Gasteiger partial charge on any atom is -0.496 e. The molecule has 3 heterocycles. The van der Waals surface area contributed by atoms with Crippen LogP contribution in [0, 0.1) is 13.8 Å². The van der Waals surface area contributed by atoms with Gasteiger partial charge in [-0.15, -0.1) is 13.2 Å². The predicted molar refractivity (Wildman–Crippen MR) is 140 cm³/mol. The molecule has 1 aliphatic rings. The second-order valence-corrected chi connectivity index (χ2v) is 9.95. The molecule has 8 nitrogen and oxygen atoms in total. The van der Waals surface area contributed by atoms with Crippen LogP contribution in [0.4, 0.5) is 18.0 Å². The Balaban J connectivity index is 1.60. The molecule has 2 aromatic heterocycles. The van der Waals surface area contributed by atoms with Gasteiger partial charge in [0.2, 0.25) is 0 Å². The lowest BCUT2D eigenvalue weighted by Crippen LogP contribution is -2.48. The van der Waals surface area contributed by atoms with Gasteiger partial charge in [-0.1, -0.05) is 6.92 Å². The summed E-state index contributed by atoms with van der Waals surface area (Å²) in [5.41, 5.74) is 4.49. The fraction of sp³-hybridized carbons (Fsp3) is 0.500. The number of aryl methyl sites for hydroxylation is 2. The highest BCUT2D eigenvalue weighted by Gasteiger charge is 2.32. The van der Waals surface area contributed by atoms with Gasteiger partial charge in [0.1, 0.15) is 18.1 Å². The number of nitrogens with zero attached hydrogens (tertiary/aromatic N) is 3. The normalized spacial score (nSPS) is 18.7. The molecule has 3 aromatic rings. The van der Waals surface area contributed by atoms with Crippen LogP contribution in [0.15, 0.2) is 30.5 Å². The van der Waals surface area contributed by atoms with E-state index in [0.29, 0.717) is 24.3 Å². The third-order valence-electron chi connectivity index (χ3n) is 6.78. The molecule has 0 saturated carbocycles. The van der Waals surface area contributed by atoms with Crippen molar-refractivity contribution < 1.29 is 36.9 Å². The largest absolute Gasteiger partial charge is 0.573 e. The van der Waals surface area contributed by atoms with Crippen LogP contribution in [0.5, 0.6) is 11.5 Å². The zero-order chi connectivity index (χ0) is 28.5. The number of rotatable bonds is 7. The molecule has 4 rings (SSSR count). The lowest BCUT2D eigenvalue weighted by atomic mass is 10.0. The summed E-state index contributed by atoms with van der Waals surface area (Å²) in [5.74, 6) is -0.153. The first-order valence-corrected chi connectivity index (χ1v) is 12.9. The van der Waals surface area contributed by atoms with Crippen LogP contribution in [0.1, 0.15) is 44.4 Å². The smallest absolute Gasteiger partial charge is 0.496 e. The molecule has 0 N–H and O–H groups in total. The van der Waals surface area contributed by atoms with Gasteiger partial charge in [-0.2, -0.15) is 0 Å². The van der Waals surface area contributed by atoms with Crippen molar-refractivity contribution in [3.05, 3.63) is 41.6 Å². The molecule has 1 aliphatic heterocycles. The molecule has 1 saturated heterocycles. The number of morpholine rings is 1. The standard InChI is InChI=1S/C28H34F3N3O5/c1-7-20(15-37-27(35)33-13-18(4)38-19(5)14-33)34-12-17(3)26-23(34)10-16(2)25(32-26)22-9-8-21(11-24(22)36-6)39-28(29,30)31/h8-12,18-20H,7,13-15H2,1-6H3. The van der Waals surface area contributed by atoms with Gasteiger partial charge < -0.3 is 28.4 Å². The Kier molecular flexibility index (Phi) is 8.29. The quantitative estimate of drug-likeness (QED) is 0.338. The minimum absolute atomic E-state index is 0.0467. The molecule has 1 fully saturated rings. The molecule has 39 heavy (non-hydrogen) atoms. The van der Waals surface area contributed by atoms with Crippen molar-refractivity contribution in [2.24, 2.45) is 0 Å². The van der Waals surface area contributed by atoms with E-state index in [-0.39, 0.29) is 42.4 Å². The molecule has 1 amide bonds. The molecule has 1 aromatic carbocycles. The van der Waals surface area contributed by atoms with Gasteiger partial charge in [-0.3, -0.25) is 0 Å². The van der Waals surface area contributed by atoms with Crippen molar-refractivity contribution in [3.63, 3.8) is 0 Å². The number of aromatic nitrogens is 2. The number of benzene rings is 1. The summed E-state index contributed by atoms with van der Waals surface area (Å²) in [6.45, 7) is 10.9. The van der Waals surface area contributed by atoms with Gasteiger partial charge in [0, 0.05) is 17.8 Å². The number of pyridine rings is 1. The Hall–Kier alpha value is -3.47. The van der Waals surface area contributed by atoms with Crippen molar-refractivity contribution in [2.45, 2.75) is 65.7 Å². The number of hydrogen-bond acceptors (Lipinski definition) is 6. The fourth-order valence-corrected chi connectivity index (χ4v) is 5.05. The number of amides is 1. The van der Waals surface area contributed by atoms with Crippen LogP contribution < -0.4 is 9.47 Å². The molecule has 3 unspecified atom stereocenters.